The van der Waals surface area contributed by atoms with Gasteiger partial charge in [-0.25, -0.2) is 0 Å². The highest BCUT2D eigenvalue weighted by atomic mass is 16.6. The van der Waals surface area contributed by atoms with Gasteiger partial charge in [-0.15, -0.1) is 0 Å². The van der Waals surface area contributed by atoms with Crippen molar-refractivity contribution in [3.05, 3.63) is 69.8 Å². The average molecular weight is 493 g/mol. The molecule has 2 aromatic rings. The zero-order chi connectivity index (χ0) is 26.4. The summed E-state index contributed by atoms with van der Waals surface area (Å²) in [5.41, 5.74) is 1.51. The van der Waals surface area contributed by atoms with Gasteiger partial charge < -0.3 is 9.47 Å². The molecule has 0 spiro atoms. The van der Waals surface area contributed by atoms with Crippen LogP contribution in [0.4, 0.5) is 5.69 Å². The van der Waals surface area contributed by atoms with Crippen LogP contribution in [0.25, 0.3) is 11.6 Å². The molecule has 0 atom stereocenters. The summed E-state index contributed by atoms with van der Waals surface area (Å²) in [5.74, 6) is 0.666. The van der Waals surface area contributed by atoms with Crippen LogP contribution >= 0.6 is 0 Å². The summed E-state index contributed by atoms with van der Waals surface area (Å²) in [7, 11) is 0. The van der Waals surface area contributed by atoms with Crippen molar-refractivity contribution in [3.63, 3.8) is 0 Å². The molecule has 2 aromatic carbocycles. The number of allylic oxidation sites excluding steroid dienone is 1. The van der Waals surface area contributed by atoms with Crippen LogP contribution in [0.3, 0.4) is 0 Å². The molecule has 192 valence electrons. The number of unbranched alkanes of at least 4 members (excludes halogenated alkanes) is 5. The van der Waals surface area contributed by atoms with E-state index in [4.69, 9.17) is 9.47 Å². The minimum atomic E-state index is -0.464. The number of nitro groups is 1. The lowest BCUT2D eigenvalue weighted by Gasteiger charge is -2.20. The number of hydrogen-bond donors (Lipinski definition) is 0. The van der Waals surface area contributed by atoms with Gasteiger partial charge >= 0.3 is 5.97 Å². The number of nitriles is 1. The fourth-order valence-electron chi connectivity index (χ4n) is 3.38. The van der Waals surface area contributed by atoms with E-state index in [-0.39, 0.29) is 11.7 Å². The highest BCUT2D eigenvalue weighted by Crippen LogP contribution is 2.23. The first-order chi connectivity index (χ1) is 17.3. The Bertz CT molecular complexity index is 1050. The topological polar surface area (TPSA) is 102 Å². The number of carbonyl (C=O) groups excluding carboxylic acids is 1. The van der Waals surface area contributed by atoms with Gasteiger partial charge in [0.25, 0.3) is 5.69 Å². The van der Waals surface area contributed by atoms with Gasteiger partial charge in [0.15, 0.2) is 0 Å². The number of nitro benzene ring substituents is 1. The van der Waals surface area contributed by atoms with Crippen molar-refractivity contribution in [1.82, 2.24) is 0 Å². The molecule has 0 aromatic heterocycles. The first-order valence-corrected chi connectivity index (χ1v) is 12.5. The maximum absolute atomic E-state index is 11.9. The Hall–Kier alpha value is -3.66. The molecule has 7 nitrogen and oxygen atoms in total. The predicted octanol–water partition coefficient (Wildman–Crippen LogP) is 7.36. The second kappa shape index (κ2) is 14.7. The van der Waals surface area contributed by atoms with Crippen molar-refractivity contribution in [3.8, 4) is 11.8 Å². The number of nitrogens with zero attached hydrogens (tertiary/aromatic N) is 2. The molecule has 7 heteroatoms. The Balaban J connectivity index is 1.65. The number of hydrogen-bond acceptors (Lipinski definition) is 6. The van der Waals surface area contributed by atoms with Crippen LogP contribution in [0.1, 0.15) is 76.8 Å². The molecule has 0 heterocycles. The Labute approximate surface area is 213 Å². The lowest BCUT2D eigenvalue weighted by atomic mass is 9.91. The van der Waals surface area contributed by atoms with Crippen LogP contribution in [0.15, 0.2) is 48.5 Å². The van der Waals surface area contributed by atoms with Crippen molar-refractivity contribution in [1.29, 1.82) is 5.26 Å². The van der Waals surface area contributed by atoms with E-state index in [1.54, 1.807) is 18.2 Å². The van der Waals surface area contributed by atoms with E-state index in [0.717, 1.165) is 56.3 Å². The summed E-state index contributed by atoms with van der Waals surface area (Å²) >= 11 is 0. The van der Waals surface area contributed by atoms with Crippen LogP contribution < -0.4 is 4.74 Å². The summed E-state index contributed by atoms with van der Waals surface area (Å²) < 4.78 is 11.2. The Morgan fingerprint density at radius 1 is 0.972 bits per heavy atom. The zero-order valence-corrected chi connectivity index (χ0v) is 21.5. The van der Waals surface area contributed by atoms with Crippen molar-refractivity contribution in [2.24, 2.45) is 5.41 Å². The molecule has 0 bridgehead atoms. The molecule has 0 saturated carbocycles. The molecule has 0 amide bonds. The molecular weight excluding hydrogens is 456 g/mol. The monoisotopic (exact) mass is 492 g/mol. The summed E-state index contributed by atoms with van der Waals surface area (Å²) in [5, 5.41) is 20.3. The maximum atomic E-state index is 11.9. The number of esters is 1. The molecule has 0 saturated heterocycles. The first kappa shape index (κ1) is 28.6. The van der Waals surface area contributed by atoms with E-state index in [1.165, 1.54) is 12.1 Å². The van der Waals surface area contributed by atoms with E-state index < -0.39 is 10.3 Å². The second-order valence-electron chi connectivity index (χ2n) is 9.39. The lowest BCUT2D eigenvalue weighted by molar-refractivity contribution is -0.384. The molecule has 36 heavy (non-hydrogen) atoms. The molecular formula is C29H36N2O5. The number of non-ortho nitro benzene ring substituents is 1. The molecule has 0 aliphatic rings. The second-order valence-corrected chi connectivity index (χ2v) is 9.39. The fraction of sp³-hybridized carbons (Fsp3) is 0.448. The third kappa shape index (κ3) is 9.53. The van der Waals surface area contributed by atoms with Gasteiger partial charge in [0, 0.05) is 12.1 Å². The van der Waals surface area contributed by atoms with Crippen molar-refractivity contribution < 1.29 is 19.2 Å². The van der Waals surface area contributed by atoms with Gasteiger partial charge in [-0.1, -0.05) is 44.7 Å². The summed E-state index contributed by atoms with van der Waals surface area (Å²) in [6.45, 7) is 6.97. The predicted molar refractivity (Wildman–Crippen MR) is 141 cm³/mol. The smallest absolute Gasteiger partial charge is 0.311 e. The summed E-state index contributed by atoms with van der Waals surface area (Å²) in [6.07, 6.45) is 8.79. The van der Waals surface area contributed by atoms with E-state index in [9.17, 15) is 20.2 Å². The van der Waals surface area contributed by atoms with E-state index in [1.807, 2.05) is 45.0 Å². The molecule has 0 aliphatic carbocycles. The van der Waals surface area contributed by atoms with Gasteiger partial charge in [-0.2, -0.15) is 5.26 Å². The van der Waals surface area contributed by atoms with E-state index >= 15 is 0 Å². The fourth-order valence-corrected chi connectivity index (χ4v) is 3.38. The highest BCUT2D eigenvalue weighted by Gasteiger charge is 2.26. The lowest BCUT2D eigenvalue weighted by Crippen LogP contribution is -2.26. The average Bonchev–Trinajstić information content (AvgIpc) is 2.89. The van der Waals surface area contributed by atoms with Crippen LogP contribution in [-0.4, -0.2) is 24.1 Å². The summed E-state index contributed by atoms with van der Waals surface area (Å²) in [6, 6.07) is 15.6. The van der Waals surface area contributed by atoms with Crippen molar-refractivity contribution in [2.75, 3.05) is 13.2 Å². The number of ether oxygens (including phenoxy) is 2. The first-order valence-electron chi connectivity index (χ1n) is 12.5. The SMILES string of the molecule is CCC(C)(C)C(=O)OCCCCCCCCOc1ccc(/C=C(\C#N)c2ccc([N+](=O)[O-])cc2)cc1. The van der Waals surface area contributed by atoms with Gasteiger partial charge in [0.2, 0.25) is 0 Å². The van der Waals surface area contributed by atoms with Crippen molar-refractivity contribution in [2.45, 2.75) is 65.7 Å². The maximum Gasteiger partial charge on any atom is 0.311 e. The molecule has 0 fully saturated rings. The number of carbonyl (C=O) groups is 1. The van der Waals surface area contributed by atoms with Gasteiger partial charge in [-0.05, 0) is 74.6 Å². The zero-order valence-electron chi connectivity index (χ0n) is 21.5. The molecule has 2 rings (SSSR count). The minimum absolute atomic E-state index is 0.00756. The molecule has 0 aliphatic heterocycles. The standard InChI is InChI=1S/C29H36N2O5/c1-4-29(2,3)28(32)36-20-10-8-6-5-7-9-19-35-27-17-11-23(12-18-27)21-25(22-30)24-13-15-26(16-14-24)31(33)34/h11-18,21H,4-10,19-20H2,1-3H3/b25-21+. The van der Waals surface area contributed by atoms with Gasteiger partial charge in [0.1, 0.15) is 5.75 Å². The number of rotatable bonds is 15. The largest absolute Gasteiger partial charge is 0.494 e. The van der Waals surface area contributed by atoms with Crippen molar-refractivity contribution >= 4 is 23.3 Å². The third-order valence-corrected chi connectivity index (χ3v) is 6.18. The summed E-state index contributed by atoms with van der Waals surface area (Å²) in [4.78, 5) is 22.3. The number of benzene rings is 2. The Morgan fingerprint density at radius 3 is 2.11 bits per heavy atom. The molecule has 0 radical (unpaired) electrons. The Kier molecular flexibility index (Phi) is 11.6. The van der Waals surface area contributed by atoms with E-state index in [2.05, 4.69) is 6.07 Å². The van der Waals surface area contributed by atoms with E-state index in [0.29, 0.717) is 24.4 Å². The minimum Gasteiger partial charge on any atom is -0.494 e. The van der Waals surface area contributed by atoms with Crippen LogP contribution in [-0.2, 0) is 9.53 Å². The molecule has 0 N–H and O–H groups in total. The highest BCUT2D eigenvalue weighted by molar-refractivity contribution is 5.89. The molecule has 0 unspecified atom stereocenters. The normalized spacial score (nSPS) is 11.6. The van der Waals surface area contributed by atoms with Gasteiger partial charge in [-0.3, -0.25) is 14.9 Å². The quantitative estimate of drug-likeness (QED) is 0.0643. The third-order valence-electron chi connectivity index (χ3n) is 6.18. The van der Waals surface area contributed by atoms with Crippen LogP contribution in [0, 0.1) is 26.9 Å². The van der Waals surface area contributed by atoms with Gasteiger partial charge in [0.05, 0.1) is 35.2 Å². The Morgan fingerprint density at radius 2 is 1.56 bits per heavy atom. The van der Waals surface area contributed by atoms with Crippen LogP contribution in [0.5, 0.6) is 5.75 Å². The van der Waals surface area contributed by atoms with Crippen LogP contribution in [0.2, 0.25) is 0 Å².